The van der Waals surface area contributed by atoms with E-state index in [2.05, 4.69) is 15.1 Å². The lowest BCUT2D eigenvalue weighted by Gasteiger charge is -2.05. The van der Waals surface area contributed by atoms with Gasteiger partial charge in [-0.2, -0.15) is 5.10 Å². The highest BCUT2D eigenvalue weighted by Gasteiger charge is 2.19. The minimum absolute atomic E-state index is 0.108. The molecular weight excluding hydrogens is 322 g/mol. The summed E-state index contributed by atoms with van der Waals surface area (Å²) < 4.78 is 8.26. The Morgan fingerprint density at radius 1 is 1.24 bits per heavy atom. The van der Waals surface area contributed by atoms with Crippen molar-refractivity contribution in [1.82, 2.24) is 24.0 Å². The van der Waals surface area contributed by atoms with E-state index in [0.29, 0.717) is 28.2 Å². The second-order valence-electron chi connectivity index (χ2n) is 5.44. The van der Waals surface area contributed by atoms with Gasteiger partial charge in [-0.25, -0.2) is 19.3 Å². The van der Waals surface area contributed by atoms with Gasteiger partial charge in [0.2, 0.25) is 0 Å². The molecule has 0 atom stereocenters. The lowest BCUT2D eigenvalue weighted by atomic mass is 10.2. The minimum Gasteiger partial charge on any atom is -0.455 e. The Bertz CT molecular complexity index is 1160. The highest BCUT2D eigenvalue weighted by molar-refractivity contribution is 5.97. The number of carbonyl (C=O) groups is 1. The van der Waals surface area contributed by atoms with Crippen LogP contribution in [0.25, 0.3) is 11.3 Å². The number of aromatic nitrogens is 5. The van der Waals surface area contributed by atoms with Crippen LogP contribution in [0.15, 0.2) is 53.7 Å². The summed E-state index contributed by atoms with van der Waals surface area (Å²) in [6.07, 6.45) is 4.92. The number of hydrogen-bond acceptors (Lipinski definition) is 6. The Kier molecular flexibility index (Phi) is 3.50. The van der Waals surface area contributed by atoms with Crippen LogP contribution in [0.1, 0.15) is 21.7 Å². The molecule has 0 unspecified atom stereocenters. The third-order valence-corrected chi connectivity index (χ3v) is 3.75. The second-order valence-corrected chi connectivity index (χ2v) is 5.44. The first kappa shape index (κ1) is 15.0. The van der Waals surface area contributed by atoms with Crippen molar-refractivity contribution in [1.29, 1.82) is 0 Å². The monoisotopic (exact) mass is 335 g/mol. The van der Waals surface area contributed by atoms with Crippen molar-refractivity contribution >= 4 is 17.3 Å². The maximum atomic E-state index is 12.4. The number of aryl methyl sites for hydroxylation is 1. The number of nitrogens with zero attached hydrogens (tertiary/aromatic N) is 5. The number of pyridine rings is 1. The van der Waals surface area contributed by atoms with Crippen LogP contribution in [0, 0.1) is 6.92 Å². The fraction of sp³-hybridized carbons (Fsp3) is 0.118. The van der Waals surface area contributed by atoms with Gasteiger partial charge in [-0.3, -0.25) is 9.20 Å². The molecule has 4 aromatic rings. The molecule has 0 aliphatic carbocycles. The van der Waals surface area contributed by atoms with Gasteiger partial charge in [-0.1, -0.05) is 6.07 Å². The molecule has 4 heterocycles. The zero-order chi connectivity index (χ0) is 17.4. The Balaban J connectivity index is 1.62. The molecule has 25 heavy (non-hydrogen) atoms. The summed E-state index contributed by atoms with van der Waals surface area (Å²) >= 11 is 0. The fourth-order valence-electron chi connectivity index (χ4n) is 2.62. The molecule has 0 amide bonds. The van der Waals surface area contributed by atoms with Crippen LogP contribution in [0.5, 0.6) is 0 Å². The molecule has 0 saturated heterocycles. The molecule has 0 spiro atoms. The quantitative estimate of drug-likeness (QED) is 0.526. The molecule has 124 valence electrons. The van der Waals surface area contributed by atoms with Gasteiger partial charge in [0.15, 0.2) is 5.65 Å². The van der Waals surface area contributed by atoms with Crippen molar-refractivity contribution in [3.63, 3.8) is 0 Å². The van der Waals surface area contributed by atoms with Crippen molar-refractivity contribution in [2.45, 2.75) is 13.5 Å². The molecular formula is C17H13N5O3. The number of rotatable bonds is 3. The van der Waals surface area contributed by atoms with E-state index >= 15 is 0 Å². The Labute approximate surface area is 141 Å². The van der Waals surface area contributed by atoms with Gasteiger partial charge >= 0.3 is 5.97 Å². The number of ether oxygens (including phenoxy) is 1. The first-order valence-corrected chi connectivity index (χ1v) is 7.58. The first-order valence-electron chi connectivity index (χ1n) is 7.58. The van der Waals surface area contributed by atoms with Gasteiger partial charge in [0.25, 0.3) is 5.56 Å². The normalized spacial score (nSPS) is 11.1. The first-order chi connectivity index (χ1) is 12.1. The standard InChI is InChI=1S/C17H13N5O3/c1-11-15(16-18-6-4-8-22(16)20-11)17(24)25-10-12-9-14(23)21-7-3-2-5-13(21)19-12/h2-9H,10H2,1H3. The maximum absolute atomic E-state index is 12.4. The zero-order valence-corrected chi connectivity index (χ0v) is 13.3. The topological polar surface area (TPSA) is 90.9 Å². The van der Waals surface area contributed by atoms with Crippen LogP contribution < -0.4 is 5.56 Å². The molecule has 0 N–H and O–H groups in total. The third kappa shape index (κ3) is 2.63. The molecule has 4 rings (SSSR count). The van der Waals surface area contributed by atoms with Crippen LogP contribution in [-0.4, -0.2) is 30.0 Å². The highest BCUT2D eigenvalue weighted by atomic mass is 16.5. The second kappa shape index (κ2) is 5.82. The Morgan fingerprint density at radius 3 is 3.00 bits per heavy atom. The van der Waals surface area contributed by atoms with Gasteiger partial charge in [-0.15, -0.1) is 0 Å². The molecule has 0 aliphatic heterocycles. The average Bonchev–Trinajstić information content (AvgIpc) is 2.95. The van der Waals surface area contributed by atoms with E-state index in [9.17, 15) is 9.59 Å². The number of esters is 1. The average molecular weight is 335 g/mol. The van der Waals surface area contributed by atoms with Crippen molar-refractivity contribution in [2.75, 3.05) is 0 Å². The van der Waals surface area contributed by atoms with Crippen molar-refractivity contribution in [3.05, 3.63) is 76.2 Å². The van der Waals surface area contributed by atoms with Gasteiger partial charge < -0.3 is 4.74 Å². The van der Waals surface area contributed by atoms with Crippen molar-refractivity contribution < 1.29 is 9.53 Å². The summed E-state index contributed by atoms with van der Waals surface area (Å²) in [6.45, 7) is 1.61. The summed E-state index contributed by atoms with van der Waals surface area (Å²) in [5.41, 5.74) is 1.90. The van der Waals surface area contributed by atoms with E-state index in [0.717, 1.165) is 0 Å². The van der Waals surface area contributed by atoms with E-state index in [1.165, 1.54) is 15.0 Å². The lowest BCUT2D eigenvalue weighted by Crippen LogP contribution is -2.16. The predicted molar refractivity (Wildman–Crippen MR) is 88.3 cm³/mol. The molecule has 8 heteroatoms. The molecule has 0 bridgehead atoms. The van der Waals surface area contributed by atoms with E-state index in [1.54, 1.807) is 49.8 Å². The smallest absolute Gasteiger partial charge is 0.344 e. The van der Waals surface area contributed by atoms with Crippen molar-refractivity contribution in [3.8, 4) is 0 Å². The molecule has 0 aliphatic rings. The summed E-state index contributed by atoms with van der Waals surface area (Å²) in [4.78, 5) is 33.0. The van der Waals surface area contributed by atoms with Crippen molar-refractivity contribution in [2.24, 2.45) is 0 Å². The SMILES string of the molecule is Cc1nn2cccnc2c1C(=O)OCc1cc(=O)n2ccccc2n1. The summed E-state index contributed by atoms with van der Waals surface area (Å²) in [5, 5.41) is 4.23. The van der Waals surface area contributed by atoms with E-state index < -0.39 is 5.97 Å². The minimum atomic E-state index is -0.554. The number of hydrogen-bond donors (Lipinski definition) is 0. The molecule has 0 aromatic carbocycles. The number of fused-ring (bicyclic) bond motifs is 2. The molecule has 8 nitrogen and oxygen atoms in total. The van der Waals surface area contributed by atoms with E-state index in [-0.39, 0.29) is 12.2 Å². The summed E-state index contributed by atoms with van der Waals surface area (Å²) in [6, 6.07) is 8.32. The molecule has 0 fully saturated rings. The van der Waals surface area contributed by atoms with E-state index in [4.69, 9.17) is 4.74 Å². The Hall–Kier alpha value is -3.55. The molecule has 0 radical (unpaired) electrons. The lowest BCUT2D eigenvalue weighted by molar-refractivity contribution is 0.0469. The van der Waals surface area contributed by atoms with Gasteiger partial charge in [0.1, 0.15) is 17.8 Å². The third-order valence-electron chi connectivity index (χ3n) is 3.75. The predicted octanol–water partition coefficient (Wildman–Crippen LogP) is 1.40. The summed E-state index contributed by atoms with van der Waals surface area (Å²) in [5.74, 6) is -0.554. The van der Waals surface area contributed by atoms with E-state index in [1.807, 2.05) is 0 Å². The maximum Gasteiger partial charge on any atom is 0.344 e. The number of carbonyl (C=O) groups excluding carboxylic acids is 1. The van der Waals surface area contributed by atoms with Crippen LogP contribution in [0.3, 0.4) is 0 Å². The summed E-state index contributed by atoms with van der Waals surface area (Å²) in [7, 11) is 0. The Morgan fingerprint density at radius 2 is 2.12 bits per heavy atom. The fourth-order valence-corrected chi connectivity index (χ4v) is 2.62. The van der Waals surface area contributed by atoms with Gasteiger partial charge in [0.05, 0.1) is 11.4 Å². The van der Waals surface area contributed by atoms with Crippen LogP contribution >= 0.6 is 0 Å². The van der Waals surface area contributed by atoms with Crippen LogP contribution in [0.4, 0.5) is 0 Å². The van der Waals surface area contributed by atoms with Crippen LogP contribution in [-0.2, 0) is 11.3 Å². The highest BCUT2D eigenvalue weighted by Crippen LogP contribution is 2.14. The van der Waals surface area contributed by atoms with Gasteiger partial charge in [-0.05, 0) is 25.1 Å². The molecule has 4 aromatic heterocycles. The molecule has 0 saturated carbocycles. The largest absolute Gasteiger partial charge is 0.455 e. The van der Waals surface area contributed by atoms with Gasteiger partial charge in [0, 0.05) is 24.7 Å². The van der Waals surface area contributed by atoms with Crippen LogP contribution in [0.2, 0.25) is 0 Å². The zero-order valence-electron chi connectivity index (χ0n) is 13.3.